The van der Waals surface area contributed by atoms with Gasteiger partial charge in [-0.3, -0.25) is 4.90 Å². The van der Waals surface area contributed by atoms with E-state index in [-0.39, 0.29) is 12.6 Å². The van der Waals surface area contributed by atoms with E-state index in [0.29, 0.717) is 24.4 Å². The smallest absolute Gasteiger partial charge is 0.338 e. The number of ether oxygens (including phenoxy) is 2. The van der Waals surface area contributed by atoms with Crippen LogP contribution in [0.5, 0.6) is 5.75 Å². The van der Waals surface area contributed by atoms with Crippen molar-refractivity contribution in [3.05, 3.63) is 53.6 Å². The first-order valence-corrected chi connectivity index (χ1v) is 7.74. The Bertz CT molecular complexity index is 700. The second-order valence-corrected chi connectivity index (χ2v) is 5.53. The Balaban J connectivity index is 2.47. The number of rotatable bonds is 7. The third-order valence-electron chi connectivity index (χ3n) is 3.82. The Labute approximate surface area is 142 Å². The zero-order valence-corrected chi connectivity index (χ0v) is 14.3. The summed E-state index contributed by atoms with van der Waals surface area (Å²) in [5.74, 6) is 0.315. The summed E-state index contributed by atoms with van der Waals surface area (Å²) in [6.45, 7) is 1.41. The molecule has 0 saturated heterocycles. The molecule has 0 aromatic heterocycles. The van der Waals surface area contributed by atoms with Crippen LogP contribution in [0.2, 0.25) is 0 Å². The lowest BCUT2D eigenvalue weighted by Gasteiger charge is -2.18. The number of hydrogen-bond acceptors (Lipinski definition) is 5. The van der Waals surface area contributed by atoms with Gasteiger partial charge in [0.25, 0.3) is 0 Å². The standard InChI is InChI=1S/C19H23NO4/c1-20(10-11-21)13-14-8-9-18(23-2)17(12-14)15-6-4-5-7-16(15)19(22)24-3/h4-9,12,21H,10-11,13H2,1-3H3. The normalized spacial score (nSPS) is 10.7. The number of hydrogen-bond donors (Lipinski definition) is 1. The van der Waals surface area contributed by atoms with E-state index in [1.165, 1.54) is 7.11 Å². The summed E-state index contributed by atoms with van der Waals surface area (Å²) in [6, 6.07) is 13.2. The van der Waals surface area contributed by atoms with Crippen molar-refractivity contribution >= 4 is 5.97 Å². The average Bonchev–Trinajstić information content (AvgIpc) is 2.61. The lowest BCUT2D eigenvalue weighted by atomic mass is 9.97. The van der Waals surface area contributed by atoms with Crippen molar-refractivity contribution in [3.63, 3.8) is 0 Å². The molecule has 0 heterocycles. The minimum absolute atomic E-state index is 0.116. The zero-order valence-electron chi connectivity index (χ0n) is 14.3. The van der Waals surface area contributed by atoms with E-state index in [1.54, 1.807) is 19.2 Å². The van der Waals surface area contributed by atoms with E-state index in [1.807, 2.05) is 42.3 Å². The zero-order chi connectivity index (χ0) is 17.5. The molecule has 2 rings (SSSR count). The summed E-state index contributed by atoms with van der Waals surface area (Å²) >= 11 is 0. The number of nitrogens with zero attached hydrogens (tertiary/aromatic N) is 1. The van der Waals surface area contributed by atoms with Crippen LogP contribution in [0.1, 0.15) is 15.9 Å². The van der Waals surface area contributed by atoms with E-state index in [9.17, 15) is 4.79 Å². The molecule has 1 N–H and O–H groups in total. The molecule has 0 aliphatic rings. The summed E-state index contributed by atoms with van der Waals surface area (Å²) < 4.78 is 10.4. The highest BCUT2D eigenvalue weighted by molar-refractivity contribution is 5.98. The van der Waals surface area contributed by atoms with Gasteiger partial charge >= 0.3 is 5.97 Å². The SMILES string of the molecule is COC(=O)c1ccccc1-c1cc(CN(C)CCO)ccc1OC. The minimum Gasteiger partial charge on any atom is -0.496 e. The molecule has 0 unspecified atom stereocenters. The lowest BCUT2D eigenvalue weighted by molar-refractivity contribution is 0.0601. The highest BCUT2D eigenvalue weighted by Gasteiger charge is 2.16. The van der Waals surface area contributed by atoms with Crippen molar-refractivity contribution in [1.82, 2.24) is 4.90 Å². The van der Waals surface area contributed by atoms with Crippen LogP contribution in [0, 0.1) is 0 Å². The highest BCUT2D eigenvalue weighted by Crippen LogP contribution is 2.33. The number of benzene rings is 2. The minimum atomic E-state index is -0.379. The predicted octanol–water partition coefficient (Wildman–Crippen LogP) is 2.57. The van der Waals surface area contributed by atoms with Crippen molar-refractivity contribution in [2.24, 2.45) is 0 Å². The number of esters is 1. The van der Waals surface area contributed by atoms with Crippen LogP contribution in [0.3, 0.4) is 0 Å². The molecule has 0 amide bonds. The van der Waals surface area contributed by atoms with Crippen molar-refractivity contribution in [3.8, 4) is 16.9 Å². The van der Waals surface area contributed by atoms with Gasteiger partial charge in [-0.25, -0.2) is 4.79 Å². The number of aliphatic hydroxyl groups is 1. The van der Waals surface area contributed by atoms with Crippen molar-refractivity contribution in [1.29, 1.82) is 0 Å². The van der Waals surface area contributed by atoms with Gasteiger partial charge in [-0.05, 0) is 36.4 Å². The summed E-state index contributed by atoms with van der Waals surface area (Å²) in [6.07, 6.45) is 0. The maximum atomic E-state index is 12.1. The summed E-state index contributed by atoms with van der Waals surface area (Å²) in [5.41, 5.74) is 3.18. The fourth-order valence-electron chi connectivity index (χ4n) is 2.63. The van der Waals surface area contributed by atoms with E-state index in [0.717, 1.165) is 16.7 Å². The first kappa shape index (κ1) is 18.0. The Hall–Kier alpha value is -2.37. The summed E-state index contributed by atoms with van der Waals surface area (Å²) in [5, 5.41) is 9.04. The summed E-state index contributed by atoms with van der Waals surface area (Å²) in [7, 11) is 4.93. The first-order valence-electron chi connectivity index (χ1n) is 7.74. The molecular formula is C19H23NO4. The van der Waals surface area contributed by atoms with Crippen LogP contribution in [0.4, 0.5) is 0 Å². The van der Waals surface area contributed by atoms with Crippen LogP contribution < -0.4 is 4.74 Å². The van der Waals surface area contributed by atoms with Crippen molar-refractivity contribution in [2.75, 3.05) is 34.4 Å². The molecule has 128 valence electrons. The monoisotopic (exact) mass is 329 g/mol. The molecule has 5 nitrogen and oxygen atoms in total. The number of methoxy groups -OCH3 is 2. The van der Waals surface area contributed by atoms with E-state index < -0.39 is 0 Å². The first-order chi connectivity index (χ1) is 11.6. The van der Waals surface area contributed by atoms with Gasteiger partial charge in [0.2, 0.25) is 0 Å². The van der Waals surface area contributed by atoms with Gasteiger partial charge in [0.15, 0.2) is 0 Å². The highest BCUT2D eigenvalue weighted by atomic mass is 16.5. The number of carbonyl (C=O) groups excluding carboxylic acids is 1. The number of aliphatic hydroxyl groups excluding tert-OH is 1. The van der Waals surface area contributed by atoms with Crippen LogP contribution in [0.15, 0.2) is 42.5 Å². The second kappa shape index (κ2) is 8.47. The predicted molar refractivity (Wildman–Crippen MR) is 93.2 cm³/mol. The van der Waals surface area contributed by atoms with Crippen molar-refractivity contribution in [2.45, 2.75) is 6.54 Å². The largest absolute Gasteiger partial charge is 0.496 e. The molecule has 5 heteroatoms. The van der Waals surface area contributed by atoms with Gasteiger partial charge in [-0.2, -0.15) is 0 Å². The van der Waals surface area contributed by atoms with Crippen LogP contribution in [-0.2, 0) is 11.3 Å². The Morgan fingerprint density at radius 1 is 1.12 bits per heavy atom. The molecule has 0 aliphatic carbocycles. The number of carbonyl (C=O) groups is 1. The maximum Gasteiger partial charge on any atom is 0.338 e. The Morgan fingerprint density at radius 2 is 1.88 bits per heavy atom. The molecule has 0 atom stereocenters. The lowest BCUT2D eigenvalue weighted by Crippen LogP contribution is -2.21. The fourth-order valence-corrected chi connectivity index (χ4v) is 2.63. The van der Waals surface area contributed by atoms with Gasteiger partial charge < -0.3 is 14.6 Å². The maximum absolute atomic E-state index is 12.1. The molecule has 0 saturated carbocycles. The van der Waals surface area contributed by atoms with Crippen LogP contribution >= 0.6 is 0 Å². The molecule has 0 spiro atoms. The molecule has 24 heavy (non-hydrogen) atoms. The van der Waals surface area contributed by atoms with Crippen molar-refractivity contribution < 1.29 is 19.4 Å². The van der Waals surface area contributed by atoms with E-state index in [4.69, 9.17) is 14.6 Å². The molecule has 0 radical (unpaired) electrons. The average molecular weight is 329 g/mol. The third kappa shape index (κ3) is 4.13. The molecule has 2 aromatic carbocycles. The molecule has 2 aromatic rings. The molecule has 0 fully saturated rings. The van der Waals surface area contributed by atoms with Gasteiger partial charge in [0.1, 0.15) is 5.75 Å². The van der Waals surface area contributed by atoms with Gasteiger partial charge in [-0.15, -0.1) is 0 Å². The van der Waals surface area contributed by atoms with Gasteiger partial charge in [-0.1, -0.05) is 24.3 Å². The molecule has 0 bridgehead atoms. The van der Waals surface area contributed by atoms with Gasteiger partial charge in [0.05, 0.1) is 26.4 Å². The molecular weight excluding hydrogens is 306 g/mol. The fraction of sp³-hybridized carbons (Fsp3) is 0.316. The Morgan fingerprint density at radius 3 is 2.54 bits per heavy atom. The second-order valence-electron chi connectivity index (χ2n) is 5.53. The van der Waals surface area contributed by atoms with E-state index >= 15 is 0 Å². The quantitative estimate of drug-likeness (QED) is 0.791. The third-order valence-corrected chi connectivity index (χ3v) is 3.82. The summed E-state index contributed by atoms with van der Waals surface area (Å²) in [4.78, 5) is 14.1. The number of likely N-dealkylation sites (N-methyl/N-ethyl adjacent to an activating group) is 1. The van der Waals surface area contributed by atoms with Crippen LogP contribution in [0.25, 0.3) is 11.1 Å². The molecule has 0 aliphatic heterocycles. The van der Waals surface area contributed by atoms with Crippen LogP contribution in [-0.4, -0.2) is 50.4 Å². The Kier molecular flexibility index (Phi) is 6.35. The topological polar surface area (TPSA) is 59.0 Å². The van der Waals surface area contributed by atoms with E-state index in [2.05, 4.69) is 0 Å². The van der Waals surface area contributed by atoms with Gasteiger partial charge in [0, 0.05) is 18.7 Å².